The summed E-state index contributed by atoms with van der Waals surface area (Å²) in [6, 6.07) is 9.20. The highest BCUT2D eigenvalue weighted by Crippen LogP contribution is 2.45. The van der Waals surface area contributed by atoms with Crippen molar-refractivity contribution >= 4 is 11.9 Å². The Labute approximate surface area is 187 Å². The number of hydrogen-bond acceptors (Lipinski definition) is 7. The minimum absolute atomic E-state index is 0.00691. The number of methoxy groups -OCH3 is 2. The molecular formula is C25H28O7. The zero-order chi connectivity index (χ0) is 22.9. The highest BCUT2D eigenvalue weighted by Gasteiger charge is 2.33. The summed E-state index contributed by atoms with van der Waals surface area (Å²) in [6.07, 6.45) is 2.83. The van der Waals surface area contributed by atoms with Crippen LogP contribution in [-0.2, 0) is 20.9 Å². The molecule has 0 radical (unpaired) electrons. The van der Waals surface area contributed by atoms with Crippen LogP contribution in [0.4, 0.5) is 0 Å². The van der Waals surface area contributed by atoms with Gasteiger partial charge >= 0.3 is 11.9 Å². The predicted molar refractivity (Wildman–Crippen MR) is 117 cm³/mol. The van der Waals surface area contributed by atoms with Crippen molar-refractivity contribution in [2.24, 2.45) is 5.92 Å². The van der Waals surface area contributed by atoms with Gasteiger partial charge in [-0.1, -0.05) is 12.5 Å². The molecule has 2 aromatic rings. The Morgan fingerprint density at radius 1 is 1.06 bits per heavy atom. The van der Waals surface area contributed by atoms with E-state index in [1.54, 1.807) is 26.4 Å². The minimum atomic E-state index is -0.823. The largest absolute Gasteiger partial charge is 0.493 e. The van der Waals surface area contributed by atoms with E-state index in [4.69, 9.17) is 23.7 Å². The molecule has 0 saturated heterocycles. The highest BCUT2D eigenvalue weighted by atomic mass is 16.6. The molecule has 1 fully saturated rings. The van der Waals surface area contributed by atoms with Crippen molar-refractivity contribution in [1.82, 2.24) is 0 Å². The van der Waals surface area contributed by atoms with Gasteiger partial charge in [0, 0.05) is 11.1 Å². The molecule has 2 aliphatic rings. The predicted octanol–water partition coefficient (Wildman–Crippen LogP) is 4.54. The number of fused-ring (bicyclic) bond motifs is 1. The topological polar surface area (TPSA) is 80.3 Å². The van der Waals surface area contributed by atoms with E-state index in [0.29, 0.717) is 22.8 Å². The number of hydrogen-bond donors (Lipinski definition) is 0. The summed E-state index contributed by atoms with van der Waals surface area (Å²) >= 11 is 0. The molecule has 0 bridgehead atoms. The number of cyclic esters (lactones) is 1. The molecule has 0 unspecified atom stereocenters. The lowest BCUT2D eigenvalue weighted by Crippen LogP contribution is -2.38. The van der Waals surface area contributed by atoms with E-state index < -0.39 is 5.60 Å². The zero-order valence-corrected chi connectivity index (χ0v) is 18.9. The fourth-order valence-corrected chi connectivity index (χ4v) is 3.85. The van der Waals surface area contributed by atoms with Crippen molar-refractivity contribution in [3.05, 3.63) is 41.5 Å². The van der Waals surface area contributed by atoms with Crippen LogP contribution in [0.25, 0.3) is 11.1 Å². The molecule has 0 amide bonds. The van der Waals surface area contributed by atoms with Crippen LogP contribution in [-0.4, -0.2) is 38.4 Å². The van der Waals surface area contributed by atoms with Gasteiger partial charge in [-0.15, -0.1) is 0 Å². The first-order valence-corrected chi connectivity index (χ1v) is 10.7. The van der Waals surface area contributed by atoms with Gasteiger partial charge in [0.05, 0.1) is 25.7 Å². The van der Waals surface area contributed by atoms with Gasteiger partial charge < -0.3 is 23.7 Å². The van der Waals surface area contributed by atoms with Gasteiger partial charge in [0.2, 0.25) is 5.75 Å². The molecule has 0 N–H and O–H groups in total. The van der Waals surface area contributed by atoms with Crippen LogP contribution < -0.4 is 14.2 Å². The second-order valence-electron chi connectivity index (χ2n) is 8.72. The molecule has 0 aromatic heterocycles. The highest BCUT2D eigenvalue weighted by molar-refractivity contribution is 5.94. The van der Waals surface area contributed by atoms with Gasteiger partial charge in [0.25, 0.3) is 0 Å². The van der Waals surface area contributed by atoms with Crippen LogP contribution in [0.1, 0.15) is 49.0 Å². The summed E-state index contributed by atoms with van der Waals surface area (Å²) in [4.78, 5) is 24.2. The third-order valence-corrected chi connectivity index (χ3v) is 5.87. The average molecular weight is 440 g/mol. The Morgan fingerprint density at radius 2 is 1.81 bits per heavy atom. The van der Waals surface area contributed by atoms with E-state index in [1.165, 1.54) is 0 Å². The summed E-state index contributed by atoms with van der Waals surface area (Å²) in [5.74, 6) is 0.947. The number of carbonyl (C=O) groups is 2. The summed E-state index contributed by atoms with van der Waals surface area (Å²) in [5.41, 5.74) is 2.19. The molecule has 4 rings (SSSR count). The molecular weight excluding hydrogens is 412 g/mol. The fraction of sp³-hybridized carbons (Fsp3) is 0.440. The van der Waals surface area contributed by atoms with Gasteiger partial charge in [0.15, 0.2) is 11.5 Å². The first-order valence-electron chi connectivity index (χ1n) is 10.7. The molecule has 32 heavy (non-hydrogen) atoms. The van der Waals surface area contributed by atoms with Crippen molar-refractivity contribution in [2.75, 3.05) is 20.8 Å². The van der Waals surface area contributed by atoms with Gasteiger partial charge in [0.1, 0.15) is 18.8 Å². The lowest BCUT2D eigenvalue weighted by atomic mass is 9.85. The Bertz CT molecular complexity index is 1040. The SMILES string of the molecule is COc1ccc(-c2ccc3c(c2)COC3=O)c(OCC(C)(C)OC(=O)C2CCC2)c1OC. The van der Waals surface area contributed by atoms with Crippen LogP contribution in [0.15, 0.2) is 30.3 Å². The van der Waals surface area contributed by atoms with Crippen molar-refractivity contribution in [3.63, 3.8) is 0 Å². The normalized spacial score (nSPS) is 15.4. The molecule has 0 spiro atoms. The summed E-state index contributed by atoms with van der Waals surface area (Å²) in [6.45, 7) is 4.03. The van der Waals surface area contributed by atoms with Gasteiger partial charge in [-0.2, -0.15) is 0 Å². The number of ether oxygens (including phenoxy) is 5. The first kappa shape index (κ1) is 22.0. The Balaban J connectivity index is 1.64. The maximum atomic E-state index is 12.3. The van der Waals surface area contributed by atoms with Crippen molar-refractivity contribution in [2.45, 2.75) is 45.3 Å². The molecule has 2 aromatic carbocycles. The Hall–Kier alpha value is -3.22. The Kier molecular flexibility index (Phi) is 6.00. The maximum absolute atomic E-state index is 12.3. The summed E-state index contributed by atoms with van der Waals surface area (Å²) < 4.78 is 28.1. The number of esters is 2. The second kappa shape index (κ2) is 8.73. The van der Waals surface area contributed by atoms with E-state index in [9.17, 15) is 9.59 Å². The zero-order valence-electron chi connectivity index (χ0n) is 18.9. The lowest BCUT2D eigenvalue weighted by Gasteiger charge is -2.31. The molecule has 1 saturated carbocycles. The molecule has 1 aliphatic carbocycles. The summed E-state index contributed by atoms with van der Waals surface area (Å²) in [7, 11) is 3.11. The molecule has 7 heteroatoms. The lowest BCUT2D eigenvalue weighted by molar-refractivity contribution is -0.167. The molecule has 0 atom stereocenters. The van der Waals surface area contributed by atoms with Gasteiger partial charge in [-0.05, 0) is 56.5 Å². The second-order valence-corrected chi connectivity index (χ2v) is 8.72. The Morgan fingerprint density at radius 3 is 2.47 bits per heavy atom. The van der Waals surface area contributed by atoms with E-state index in [0.717, 1.165) is 36.0 Å². The van der Waals surface area contributed by atoms with Gasteiger partial charge in [-0.3, -0.25) is 4.79 Å². The first-order chi connectivity index (χ1) is 15.3. The quantitative estimate of drug-likeness (QED) is 0.558. The van der Waals surface area contributed by atoms with Crippen molar-refractivity contribution in [1.29, 1.82) is 0 Å². The van der Waals surface area contributed by atoms with Crippen LogP contribution in [0.3, 0.4) is 0 Å². The monoisotopic (exact) mass is 440 g/mol. The number of benzene rings is 2. The van der Waals surface area contributed by atoms with E-state index in [-0.39, 0.29) is 31.1 Å². The van der Waals surface area contributed by atoms with Crippen LogP contribution >= 0.6 is 0 Å². The van der Waals surface area contributed by atoms with Crippen LogP contribution in [0.2, 0.25) is 0 Å². The summed E-state index contributed by atoms with van der Waals surface area (Å²) in [5, 5.41) is 0. The van der Waals surface area contributed by atoms with Gasteiger partial charge in [-0.25, -0.2) is 4.79 Å². The minimum Gasteiger partial charge on any atom is -0.493 e. The fourth-order valence-electron chi connectivity index (χ4n) is 3.85. The third kappa shape index (κ3) is 4.24. The van der Waals surface area contributed by atoms with E-state index >= 15 is 0 Å². The van der Waals surface area contributed by atoms with Crippen LogP contribution in [0.5, 0.6) is 17.2 Å². The van der Waals surface area contributed by atoms with Crippen molar-refractivity contribution < 1.29 is 33.3 Å². The molecule has 170 valence electrons. The number of rotatable bonds is 8. The maximum Gasteiger partial charge on any atom is 0.338 e. The third-order valence-electron chi connectivity index (χ3n) is 5.87. The standard InChI is InChI=1S/C25H28O7/c1-25(2,32-23(26)15-6-5-7-15)14-31-21-18(10-11-20(28-3)22(21)29-4)16-8-9-19-17(12-16)13-30-24(19)27/h8-12,15H,5-7,13-14H2,1-4H3. The molecule has 1 aliphatic heterocycles. The smallest absolute Gasteiger partial charge is 0.338 e. The van der Waals surface area contributed by atoms with Crippen molar-refractivity contribution in [3.8, 4) is 28.4 Å². The molecule has 7 nitrogen and oxygen atoms in total. The number of carbonyl (C=O) groups excluding carboxylic acids is 2. The average Bonchev–Trinajstić information content (AvgIpc) is 3.09. The van der Waals surface area contributed by atoms with E-state index in [1.807, 2.05) is 32.0 Å². The van der Waals surface area contributed by atoms with Crippen LogP contribution in [0, 0.1) is 5.92 Å². The molecule has 1 heterocycles. The van der Waals surface area contributed by atoms with E-state index in [2.05, 4.69) is 0 Å².